The molecule has 0 aromatic heterocycles. The topological polar surface area (TPSA) is 66.5 Å². The summed E-state index contributed by atoms with van der Waals surface area (Å²) in [5, 5.41) is 3.22. The van der Waals surface area contributed by atoms with E-state index in [1.807, 2.05) is 37.3 Å². The molecule has 0 aliphatic heterocycles. The van der Waals surface area contributed by atoms with Crippen molar-refractivity contribution in [3.8, 4) is 0 Å². The van der Waals surface area contributed by atoms with Gasteiger partial charge in [0.05, 0.1) is 21.5 Å². The van der Waals surface area contributed by atoms with Crippen LogP contribution in [0.25, 0.3) is 0 Å². The maximum atomic E-state index is 12.9. The van der Waals surface area contributed by atoms with Gasteiger partial charge in [-0.05, 0) is 30.2 Å². The number of amides is 1. The summed E-state index contributed by atoms with van der Waals surface area (Å²) < 4.78 is 26.9. The van der Waals surface area contributed by atoms with E-state index in [2.05, 4.69) is 5.32 Å². The summed E-state index contributed by atoms with van der Waals surface area (Å²) in [7, 11) is -3.67. The van der Waals surface area contributed by atoms with Crippen molar-refractivity contribution in [2.45, 2.75) is 44.6 Å². The number of carbonyl (C=O) groups is 1. The van der Waals surface area contributed by atoms with Crippen LogP contribution in [0.3, 0.4) is 0 Å². The van der Waals surface area contributed by atoms with Crippen molar-refractivity contribution in [3.63, 3.8) is 0 Å². The van der Waals surface area contributed by atoms with E-state index in [1.54, 1.807) is 13.8 Å². The van der Waals surface area contributed by atoms with E-state index in [4.69, 9.17) is 11.6 Å². The zero-order chi connectivity index (χ0) is 20.7. The summed E-state index contributed by atoms with van der Waals surface area (Å²) in [4.78, 5) is 13.0. The normalized spacial score (nSPS) is 12.8. The van der Waals surface area contributed by atoms with Crippen molar-refractivity contribution >= 4 is 27.5 Å². The van der Waals surface area contributed by atoms with E-state index >= 15 is 0 Å². The molecule has 0 saturated heterocycles. The largest absolute Gasteiger partial charge is 0.345 e. The third-order valence-electron chi connectivity index (χ3n) is 4.61. The van der Waals surface area contributed by atoms with E-state index in [1.165, 1.54) is 22.5 Å². The number of sulfonamides is 1. The maximum Gasteiger partial charge on any atom is 0.253 e. The van der Waals surface area contributed by atoms with Gasteiger partial charge in [0.25, 0.3) is 5.91 Å². The number of carbonyl (C=O) groups excluding carboxylic acids is 1. The number of benzene rings is 2. The van der Waals surface area contributed by atoms with E-state index in [9.17, 15) is 13.2 Å². The van der Waals surface area contributed by atoms with Crippen LogP contribution in [0.1, 0.15) is 55.6 Å². The molecule has 0 aliphatic carbocycles. The molecule has 2 rings (SSSR count). The van der Waals surface area contributed by atoms with E-state index in [-0.39, 0.29) is 27.4 Å². The molecule has 0 heterocycles. The Morgan fingerprint density at radius 2 is 1.71 bits per heavy atom. The van der Waals surface area contributed by atoms with Gasteiger partial charge in [-0.25, -0.2) is 8.42 Å². The van der Waals surface area contributed by atoms with Crippen molar-refractivity contribution < 1.29 is 13.2 Å². The van der Waals surface area contributed by atoms with Crippen LogP contribution >= 0.6 is 11.6 Å². The van der Waals surface area contributed by atoms with Gasteiger partial charge < -0.3 is 5.32 Å². The van der Waals surface area contributed by atoms with Gasteiger partial charge in [0.1, 0.15) is 0 Å². The Kier molecular flexibility index (Phi) is 8.04. The fraction of sp³-hybridized carbons (Fsp3) is 0.381. The van der Waals surface area contributed by atoms with Crippen LogP contribution in [-0.2, 0) is 10.0 Å². The van der Waals surface area contributed by atoms with Gasteiger partial charge in [0, 0.05) is 13.1 Å². The molecule has 1 amide bonds. The van der Waals surface area contributed by atoms with Crippen molar-refractivity contribution in [1.29, 1.82) is 0 Å². The highest BCUT2D eigenvalue weighted by atomic mass is 35.5. The molecular formula is C21H27ClN2O3S. The fourth-order valence-corrected chi connectivity index (χ4v) is 4.77. The van der Waals surface area contributed by atoms with Gasteiger partial charge in [-0.3, -0.25) is 4.79 Å². The fourth-order valence-electron chi connectivity index (χ4n) is 3.08. The Bertz CT molecular complexity index is 897. The van der Waals surface area contributed by atoms with E-state index in [0.29, 0.717) is 13.1 Å². The van der Waals surface area contributed by atoms with Crippen LogP contribution in [0.15, 0.2) is 53.4 Å². The minimum atomic E-state index is -3.67. The number of nitrogens with zero attached hydrogens (tertiary/aromatic N) is 1. The summed E-state index contributed by atoms with van der Waals surface area (Å²) in [6, 6.07) is 13.8. The predicted octanol–water partition coefficient (Wildman–Crippen LogP) is 4.64. The van der Waals surface area contributed by atoms with Crippen LogP contribution in [0, 0.1) is 0 Å². The molecule has 0 fully saturated rings. The Morgan fingerprint density at radius 1 is 1.07 bits per heavy atom. The molecule has 2 aromatic carbocycles. The molecule has 0 saturated carbocycles. The lowest BCUT2D eigenvalue weighted by Gasteiger charge is -2.21. The Balaban J connectivity index is 2.35. The quantitative estimate of drug-likeness (QED) is 0.640. The number of halogens is 1. The van der Waals surface area contributed by atoms with Crippen LogP contribution in [0.2, 0.25) is 5.02 Å². The SMILES string of the molecule is CCC[C@H](NC(=O)c1cc(S(=O)(=O)N(CC)CC)ccc1Cl)c1ccccc1. The lowest BCUT2D eigenvalue weighted by Crippen LogP contribution is -2.31. The van der Waals surface area contributed by atoms with Crippen molar-refractivity contribution in [1.82, 2.24) is 9.62 Å². The van der Waals surface area contributed by atoms with Gasteiger partial charge in [0.15, 0.2) is 0 Å². The van der Waals surface area contributed by atoms with Crippen molar-refractivity contribution in [3.05, 3.63) is 64.7 Å². The maximum absolute atomic E-state index is 12.9. The molecule has 0 bridgehead atoms. The Hall–Kier alpha value is -1.89. The standard InChI is InChI=1S/C21H27ClN2O3S/c1-4-10-20(16-11-8-7-9-12-16)23-21(25)18-15-17(13-14-19(18)22)28(26,27)24(5-2)6-3/h7-9,11-15,20H,4-6,10H2,1-3H3,(H,23,25)/t20-/m0/s1. The third-order valence-corrected chi connectivity index (χ3v) is 6.99. The highest BCUT2D eigenvalue weighted by Gasteiger charge is 2.24. The summed E-state index contributed by atoms with van der Waals surface area (Å²) >= 11 is 6.23. The lowest BCUT2D eigenvalue weighted by molar-refractivity contribution is 0.0934. The first-order valence-electron chi connectivity index (χ1n) is 9.50. The summed E-state index contributed by atoms with van der Waals surface area (Å²) in [6.07, 6.45) is 1.66. The monoisotopic (exact) mass is 422 g/mol. The molecule has 0 aliphatic rings. The highest BCUT2D eigenvalue weighted by molar-refractivity contribution is 7.89. The van der Waals surface area contributed by atoms with E-state index < -0.39 is 10.0 Å². The second-order valence-corrected chi connectivity index (χ2v) is 8.80. The second-order valence-electron chi connectivity index (χ2n) is 6.46. The zero-order valence-corrected chi connectivity index (χ0v) is 18.1. The molecular weight excluding hydrogens is 396 g/mol. The number of hydrogen-bond acceptors (Lipinski definition) is 3. The van der Waals surface area contributed by atoms with Gasteiger partial charge in [-0.1, -0.05) is 69.1 Å². The molecule has 0 unspecified atom stereocenters. The van der Waals surface area contributed by atoms with Crippen LogP contribution in [0.4, 0.5) is 0 Å². The first-order chi connectivity index (χ1) is 13.3. The smallest absolute Gasteiger partial charge is 0.253 e. The highest BCUT2D eigenvalue weighted by Crippen LogP contribution is 2.25. The molecule has 5 nitrogen and oxygen atoms in total. The van der Waals surface area contributed by atoms with Crippen LogP contribution < -0.4 is 5.32 Å². The summed E-state index contributed by atoms with van der Waals surface area (Å²) in [5.41, 5.74) is 1.16. The molecule has 0 radical (unpaired) electrons. The van der Waals surface area contributed by atoms with Crippen molar-refractivity contribution in [2.75, 3.05) is 13.1 Å². The van der Waals surface area contributed by atoms with E-state index in [0.717, 1.165) is 18.4 Å². The Labute approximate surface area is 172 Å². The minimum Gasteiger partial charge on any atom is -0.345 e. The third kappa shape index (κ3) is 5.13. The summed E-state index contributed by atoms with van der Waals surface area (Å²) in [5.74, 6) is -0.385. The first kappa shape index (κ1) is 22.4. The van der Waals surface area contributed by atoms with Crippen LogP contribution in [-0.4, -0.2) is 31.7 Å². The molecule has 1 atom stereocenters. The number of rotatable bonds is 9. The molecule has 28 heavy (non-hydrogen) atoms. The second kappa shape index (κ2) is 10.0. The average Bonchev–Trinajstić information content (AvgIpc) is 2.69. The van der Waals surface area contributed by atoms with Crippen molar-refractivity contribution in [2.24, 2.45) is 0 Å². The number of hydrogen-bond donors (Lipinski definition) is 1. The minimum absolute atomic E-state index is 0.0671. The molecule has 7 heteroatoms. The first-order valence-corrected chi connectivity index (χ1v) is 11.3. The Morgan fingerprint density at radius 3 is 2.29 bits per heavy atom. The number of nitrogens with one attached hydrogen (secondary N) is 1. The van der Waals surface area contributed by atoms with Gasteiger partial charge in [-0.15, -0.1) is 0 Å². The van der Waals surface area contributed by atoms with Gasteiger partial charge >= 0.3 is 0 Å². The molecule has 0 spiro atoms. The molecule has 1 N–H and O–H groups in total. The molecule has 152 valence electrons. The average molecular weight is 423 g/mol. The van der Waals surface area contributed by atoms with Crippen LogP contribution in [0.5, 0.6) is 0 Å². The predicted molar refractivity (Wildman–Crippen MR) is 113 cm³/mol. The zero-order valence-electron chi connectivity index (χ0n) is 16.5. The summed E-state index contributed by atoms with van der Waals surface area (Å²) in [6.45, 7) is 6.32. The molecule has 2 aromatic rings. The van der Waals surface area contributed by atoms with Gasteiger partial charge in [-0.2, -0.15) is 4.31 Å². The van der Waals surface area contributed by atoms with Gasteiger partial charge in [0.2, 0.25) is 10.0 Å². The lowest BCUT2D eigenvalue weighted by atomic mass is 10.0.